The molecular formula is C16H26FN3O. The SMILES string of the molecule is CC(C)CCCC(C)NCc1cc(F)cc(/C(N)=N/O)c1. The van der Waals surface area contributed by atoms with Gasteiger partial charge in [0.05, 0.1) is 0 Å². The fourth-order valence-electron chi connectivity index (χ4n) is 2.18. The number of oxime groups is 1. The molecule has 0 saturated heterocycles. The van der Waals surface area contributed by atoms with Crippen LogP contribution in [-0.2, 0) is 6.54 Å². The van der Waals surface area contributed by atoms with Gasteiger partial charge in [-0.15, -0.1) is 0 Å². The number of hydrogen-bond donors (Lipinski definition) is 3. The molecule has 5 heteroatoms. The maximum absolute atomic E-state index is 13.5. The van der Waals surface area contributed by atoms with Crippen LogP contribution in [0.15, 0.2) is 23.4 Å². The van der Waals surface area contributed by atoms with Gasteiger partial charge in [-0.1, -0.05) is 31.8 Å². The summed E-state index contributed by atoms with van der Waals surface area (Å²) in [7, 11) is 0. The Morgan fingerprint density at radius 3 is 2.62 bits per heavy atom. The van der Waals surface area contributed by atoms with Gasteiger partial charge in [-0.2, -0.15) is 0 Å². The van der Waals surface area contributed by atoms with Crippen LogP contribution in [0.3, 0.4) is 0 Å². The van der Waals surface area contributed by atoms with Crippen LogP contribution in [0.4, 0.5) is 4.39 Å². The summed E-state index contributed by atoms with van der Waals surface area (Å²) in [5, 5.41) is 14.9. The summed E-state index contributed by atoms with van der Waals surface area (Å²) in [6, 6.07) is 4.82. The van der Waals surface area contributed by atoms with Gasteiger partial charge in [0.25, 0.3) is 0 Å². The van der Waals surface area contributed by atoms with E-state index >= 15 is 0 Å². The summed E-state index contributed by atoms with van der Waals surface area (Å²) in [5.41, 5.74) is 6.67. The van der Waals surface area contributed by atoms with Crippen molar-refractivity contribution in [2.45, 2.75) is 52.6 Å². The lowest BCUT2D eigenvalue weighted by Crippen LogP contribution is -2.25. The molecule has 1 aromatic carbocycles. The summed E-state index contributed by atoms with van der Waals surface area (Å²) < 4.78 is 13.5. The van der Waals surface area contributed by atoms with E-state index in [2.05, 4.69) is 31.2 Å². The maximum Gasteiger partial charge on any atom is 0.170 e. The third-order valence-corrected chi connectivity index (χ3v) is 3.43. The van der Waals surface area contributed by atoms with Gasteiger partial charge >= 0.3 is 0 Å². The Morgan fingerprint density at radius 1 is 1.29 bits per heavy atom. The minimum atomic E-state index is -0.386. The molecule has 4 N–H and O–H groups in total. The van der Waals surface area contributed by atoms with Crippen molar-refractivity contribution in [3.8, 4) is 0 Å². The number of amidine groups is 1. The van der Waals surface area contributed by atoms with Gasteiger partial charge < -0.3 is 16.3 Å². The van der Waals surface area contributed by atoms with E-state index in [1.165, 1.54) is 25.0 Å². The first-order valence-electron chi connectivity index (χ1n) is 7.43. The van der Waals surface area contributed by atoms with Gasteiger partial charge in [0.15, 0.2) is 5.84 Å². The van der Waals surface area contributed by atoms with E-state index in [0.717, 1.165) is 17.9 Å². The summed E-state index contributed by atoms with van der Waals surface area (Å²) in [6.07, 6.45) is 3.50. The maximum atomic E-state index is 13.5. The Kier molecular flexibility index (Phi) is 7.15. The van der Waals surface area contributed by atoms with Crippen molar-refractivity contribution in [3.63, 3.8) is 0 Å². The topological polar surface area (TPSA) is 70.6 Å². The van der Waals surface area contributed by atoms with Gasteiger partial charge in [-0.3, -0.25) is 0 Å². The van der Waals surface area contributed by atoms with Crippen molar-refractivity contribution in [1.29, 1.82) is 0 Å². The summed E-state index contributed by atoms with van der Waals surface area (Å²) in [6.45, 7) is 7.13. The molecule has 0 aliphatic rings. The van der Waals surface area contributed by atoms with Crippen molar-refractivity contribution >= 4 is 5.84 Å². The normalized spacial score (nSPS) is 13.7. The number of halogens is 1. The van der Waals surface area contributed by atoms with Crippen LogP contribution in [0.1, 0.15) is 51.2 Å². The van der Waals surface area contributed by atoms with Crippen LogP contribution in [0, 0.1) is 11.7 Å². The highest BCUT2D eigenvalue weighted by Gasteiger charge is 2.07. The number of rotatable bonds is 8. The average Bonchev–Trinajstić information content (AvgIpc) is 2.43. The van der Waals surface area contributed by atoms with Gasteiger partial charge in [-0.25, -0.2) is 4.39 Å². The Labute approximate surface area is 126 Å². The average molecular weight is 295 g/mol. The van der Waals surface area contributed by atoms with Crippen LogP contribution >= 0.6 is 0 Å². The third kappa shape index (κ3) is 6.58. The van der Waals surface area contributed by atoms with Crippen LogP contribution in [0.5, 0.6) is 0 Å². The zero-order valence-electron chi connectivity index (χ0n) is 13.1. The van der Waals surface area contributed by atoms with Gasteiger partial charge in [0, 0.05) is 18.2 Å². The molecule has 0 aliphatic heterocycles. The largest absolute Gasteiger partial charge is 0.409 e. The molecule has 118 valence electrons. The Morgan fingerprint density at radius 2 is 2.00 bits per heavy atom. The van der Waals surface area contributed by atoms with E-state index in [1.54, 1.807) is 6.07 Å². The van der Waals surface area contributed by atoms with Crippen molar-refractivity contribution in [2.75, 3.05) is 0 Å². The molecule has 0 spiro atoms. The van der Waals surface area contributed by atoms with Gasteiger partial charge in [0.2, 0.25) is 0 Å². The van der Waals surface area contributed by atoms with Crippen molar-refractivity contribution in [1.82, 2.24) is 5.32 Å². The smallest absolute Gasteiger partial charge is 0.170 e. The molecule has 0 amide bonds. The minimum absolute atomic E-state index is 0.0827. The Balaban J connectivity index is 2.53. The highest BCUT2D eigenvalue weighted by atomic mass is 19.1. The van der Waals surface area contributed by atoms with E-state index < -0.39 is 0 Å². The lowest BCUT2D eigenvalue weighted by Gasteiger charge is -2.15. The molecule has 21 heavy (non-hydrogen) atoms. The minimum Gasteiger partial charge on any atom is -0.409 e. The molecule has 0 fully saturated rings. The monoisotopic (exact) mass is 295 g/mol. The highest BCUT2D eigenvalue weighted by molar-refractivity contribution is 5.97. The van der Waals surface area contributed by atoms with E-state index in [9.17, 15) is 4.39 Å². The molecule has 1 rings (SSSR count). The fraction of sp³-hybridized carbons (Fsp3) is 0.562. The Bertz CT molecular complexity index is 475. The molecule has 0 bridgehead atoms. The van der Waals surface area contributed by atoms with Crippen molar-refractivity contribution in [3.05, 3.63) is 35.1 Å². The van der Waals surface area contributed by atoms with Crippen LogP contribution in [0.25, 0.3) is 0 Å². The first-order chi connectivity index (χ1) is 9.92. The highest BCUT2D eigenvalue weighted by Crippen LogP contribution is 2.11. The van der Waals surface area contributed by atoms with Gasteiger partial charge in [0.1, 0.15) is 5.82 Å². The van der Waals surface area contributed by atoms with Crippen molar-refractivity contribution < 1.29 is 9.60 Å². The first kappa shape index (κ1) is 17.4. The van der Waals surface area contributed by atoms with Crippen LogP contribution in [0.2, 0.25) is 0 Å². The number of benzene rings is 1. The summed E-state index contributed by atoms with van der Waals surface area (Å²) >= 11 is 0. The zero-order chi connectivity index (χ0) is 15.8. The molecule has 4 nitrogen and oxygen atoms in total. The molecule has 0 aromatic heterocycles. The van der Waals surface area contributed by atoms with E-state index in [0.29, 0.717) is 18.2 Å². The van der Waals surface area contributed by atoms with E-state index in [4.69, 9.17) is 10.9 Å². The standard InChI is InChI=1S/C16H26FN3O/c1-11(2)5-4-6-12(3)19-10-13-7-14(16(18)20-21)9-15(17)8-13/h7-9,11-12,19,21H,4-6,10H2,1-3H3,(H2,18,20). The number of nitrogens with two attached hydrogens (primary N) is 1. The summed E-state index contributed by atoms with van der Waals surface area (Å²) in [5.74, 6) is 0.257. The number of nitrogens with zero attached hydrogens (tertiary/aromatic N) is 1. The molecule has 1 atom stereocenters. The van der Waals surface area contributed by atoms with Crippen molar-refractivity contribution in [2.24, 2.45) is 16.8 Å². The molecule has 1 unspecified atom stereocenters. The number of nitrogens with one attached hydrogen (secondary N) is 1. The second-order valence-corrected chi connectivity index (χ2v) is 5.94. The predicted molar refractivity (Wildman–Crippen MR) is 83.9 cm³/mol. The second kappa shape index (κ2) is 8.62. The molecule has 0 aliphatic carbocycles. The molecular weight excluding hydrogens is 269 g/mol. The predicted octanol–water partition coefficient (Wildman–Crippen LogP) is 3.22. The molecule has 1 aromatic rings. The number of hydrogen-bond acceptors (Lipinski definition) is 3. The van der Waals surface area contributed by atoms with Crippen LogP contribution in [-0.4, -0.2) is 17.1 Å². The Hall–Kier alpha value is -1.62. The lowest BCUT2D eigenvalue weighted by molar-refractivity contribution is 0.318. The molecule has 0 saturated carbocycles. The molecule has 0 heterocycles. The van der Waals surface area contributed by atoms with Gasteiger partial charge in [-0.05, 0) is 43.0 Å². The fourth-order valence-corrected chi connectivity index (χ4v) is 2.18. The summed E-state index contributed by atoms with van der Waals surface area (Å²) in [4.78, 5) is 0. The quantitative estimate of drug-likeness (QED) is 0.298. The van der Waals surface area contributed by atoms with E-state index in [-0.39, 0.29) is 11.7 Å². The molecule has 0 radical (unpaired) electrons. The zero-order valence-corrected chi connectivity index (χ0v) is 13.1. The van der Waals surface area contributed by atoms with Crippen LogP contribution < -0.4 is 11.1 Å². The second-order valence-electron chi connectivity index (χ2n) is 5.94. The lowest BCUT2D eigenvalue weighted by atomic mass is 10.0. The van der Waals surface area contributed by atoms with E-state index in [1.807, 2.05) is 0 Å². The first-order valence-corrected chi connectivity index (χ1v) is 7.43. The third-order valence-electron chi connectivity index (χ3n) is 3.43.